The molecule has 6 atom stereocenters. The van der Waals surface area contributed by atoms with Crippen LogP contribution < -0.4 is 0 Å². The third-order valence-electron chi connectivity index (χ3n) is 13.1. The Morgan fingerprint density at radius 3 is 0.850 bits per heavy atom. The van der Waals surface area contributed by atoms with E-state index in [2.05, 4.69) is 83.9 Å². The van der Waals surface area contributed by atoms with E-state index in [1.165, 1.54) is 0 Å². The minimum Gasteiger partial charge on any atom is -0.373 e. The lowest BCUT2D eigenvalue weighted by molar-refractivity contribution is -0.154. The molecule has 0 aromatic rings. The lowest BCUT2D eigenvalue weighted by atomic mass is 9.65. The molecule has 3 aliphatic heterocycles. The number of carbonyl (C=O) groups excluding carboxylic acids is 3. The summed E-state index contributed by atoms with van der Waals surface area (Å²) in [4.78, 5) is 45.8. The minimum absolute atomic E-state index is 0.110. The average molecular weight is 852 g/mol. The Morgan fingerprint density at radius 1 is 0.433 bits per heavy atom. The lowest BCUT2D eigenvalue weighted by Gasteiger charge is -2.47. The van der Waals surface area contributed by atoms with Crippen LogP contribution in [-0.2, 0) is 42.8 Å². The number of ether oxygens (including phenoxy) is 6. The Hall–Kier alpha value is -1.35. The summed E-state index contributed by atoms with van der Waals surface area (Å²) in [6, 6.07) is 1.71. The van der Waals surface area contributed by atoms with E-state index in [1.807, 2.05) is 41.5 Å². The van der Waals surface area contributed by atoms with E-state index in [9.17, 15) is 14.4 Å². The Labute approximate surface area is 365 Å². The normalized spacial score (nSPS) is 24.6. The number of ketones is 3. The molecule has 0 bridgehead atoms. The van der Waals surface area contributed by atoms with Gasteiger partial charge in [-0.3, -0.25) is 29.1 Å². The SMILES string of the molecule is CCC(CC(C)(C)OCCOC(C)(C)C(=O)CCN1CC1C)(CC(C)(C)OCCOC(C)(C)C(=O)CCN1CC1C)CC(C)(C)OCCOC(C)(C)C(=O)CCN1CC1C. The highest BCUT2D eigenvalue weighted by Crippen LogP contribution is 2.47. The average Bonchev–Trinajstić information content (AvgIpc) is 4.09. The van der Waals surface area contributed by atoms with Crippen molar-refractivity contribution in [3.05, 3.63) is 0 Å². The Balaban J connectivity index is 1.61. The van der Waals surface area contributed by atoms with Crippen LogP contribution >= 0.6 is 0 Å². The molecule has 12 nitrogen and oxygen atoms in total. The number of rotatable bonds is 34. The van der Waals surface area contributed by atoms with Gasteiger partial charge in [0, 0.05) is 76.7 Å². The molecule has 0 aliphatic carbocycles. The van der Waals surface area contributed by atoms with Gasteiger partial charge in [0.2, 0.25) is 0 Å². The molecular formula is C48H89N3O9. The molecule has 0 saturated carbocycles. The highest BCUT2D eigenvalue weighted by atomic mass is 16.6. The third kappa shape index (κ3) is 18.4. The van der Waals surface area contributed by atoms with Gasteiger partial charge >= 0.3 is 0 Å². The van der Waals surface area contributed by atoms with Crippen LogP contribution in [0.1, 0.15) is 156 Å². The number of nitrogens with zero attached hydrogens (tertiary/aromatic N) is 3. The second-order valence-electron chi connectivity index (χ2n) is 21.8. The van der Waals surface area contributed by atoms with Crippen molar-refractivity contribution in [3.63, 3.8) is 0 Å². The summed E-state index contributed by atoms with van der Waals surface area (Å²) >= 11 is 0. The molecular weight excluding hydrogens is 763 g/mol. The first-order chi connectivity index (χ1) is 27.5. The topological polar surface area (TPSA) is 116 Å². The highest BCUT2D eigenvalue weighted by Gasteiger charge is 2.45. The van der Waals surface area contributed by atoms with Gasteiger partial charge in [-0.05, 0) is 129 Å². The van der Waals surface area contributed by atoms with Crippen LogP contribution in [0.25, 0.3) is 0 Å². The molecule has 6 unspecified atom stereocenters. The molecule has 350 valence electrons. The summed E-state index contributed by atoms with van der Waals surface area (Å²) in [5, 5.41) is 0. The molecule has 0 radical (unpaired) electrons. The summed E-state index contributed by atoms with van der Waals surface area (Å²) in [7, 11) is 0. The van der Waals surface area contributed by atoms with Crippen LogP contribution in [0.2, 0.25) is 0 Å². The van der Waals surface area contributed by atoms with E-state index in [-0.39, 0.29) is 22.8 Å². The van der Waals surface area contributed by atoms with E-state index in [4.69, 9.17) is 28.4 Å². The summed E-state index contributed by atoms with van der Waals surface area (Å²) < 4.78 is 38.1. The van der Waals surface area contributed by atoms with Crippen LogP contribution in [0.4, 0.5) is 0 Å². The largest absolute Gasteiger partial charge is 0.373 e. The molecule has 3 aliphatic rings. The Morgan fingerprint density at radius 2 is 0.650 bits per heavy atom. The smallest absolute Gasteiger partial charge is 0.165 e. The number of carbonyl (C=O) groups is 3. The second kappa shape index (κ2) is 21.6. The molecule has 12 heteroatoms. The maximum Gasteiger partial charge on any atom is 0.165 e. The third-order valence-corrected chi connectivity index (χ3v) is 13.1. The monoisotopic (exact) mass is 852 g/mol. The number of Topliss-reactive ketones (excluding diaryl/α,β-unsaturated/α-hetero) is 3. The molecule has 3 heterocycles. The Kier molecular flexibility index (Phi) is 19.0. The zero-order valence-electron chi connectivity index (χ0n) is 41.2. The van der Waals surface area contributed by atoms with Crippen molar-refractivity contribution in [2.24, 2.45) is 5.41 Å². The first-order valence-electron chi connectivity index (χ1n) is 23.2. The molecule has 0 spiro atoms. The quantitative estimate of drug-likeness (QED) is 0.0478. The second-order valence-corrected chi connectivity index (χ2v) is 21.8. The van der Waals surface area contributed by atoms with E-state index in [1.54, 1.807) is 0 Å². The van der Waals surface area contributed by atoms with Gasteiger partial charge < -0.3 is 28.4 Å². The summed E-state index contributed by atoms with van der Waals surface area (Å²) in [6.07, 6.45) is 4.50. The van der Waals surface area contributed by atoms with Crippen LogP contribution in [0.3, 0.4) is 0 Å². The van der Waals surface area contributed by atoms with E-state index < -0.39 is 33.6 Å². The molecule has 0 amide bonds. The predicted molar refractivity (Wildman–Crippen MR) is 239 cm³/mol. The molecule has 0 aromatic carbocycles. The fourth-order valence-corrected chi connectivity index (χ4v) is 8.96. The summed E-state index contributed by atoms with van der Waals surface area (Å²) in [5.74, 6) is 0.331. The van der Waals surface area contributed by atoms with Crippen molar-refractivity contribution in [1.29, 1.82) is 0 Å². The summed E-state index contributed by atoms with van der Waals surface area (Å²) in [6.45, 7) is 40.2. The van der Waals surface area contributed by atoms with Gasteiger partial charge in [0.1, 0.15) is 16.8 Å². The van der Waals surface area contributed by atoms with Crippen molar-refractivity contribution in [2.45, 2.75) is 207 Å². The molecule has 3 fully saturated rings. The molecule has 60 heavy (non-hydrogen) atoms. The van der Waals surface area contributed by atoms with Crippen LogP contribution in [0.5, 0.6) is 0 Å². The lowest BCUT2D eigenvalue weighted by Crippen LogP contribution is -2.46. The van der Waals surface area contributed by atoms with Gasteiger partial charge in [0.05, 0.1) is 56.4 Å². The maximum absolute atomic E-state index is 13.0. The maximum atomic E-state index is 13.0. The predicted octanol–water partition coefficient (Wildman–Crippen LogP) is 7.31. The van der Waals surface area contributed by atoms with Crippen LogP contribution in [0, 0.1) is 5.41 Å². The van der Waals surface area contributed by atoms with Gasteiger partial charge in [0.25, 0.3) is 0 Å². The van der Waals surface area contributed by atoms with Crippen LogP contribution in [-0.4, -0.2) is 163 Å². The number of hydrogen-bond donors (Lipinski definition) is 0. The molecule has 3 rings (SSSR count). The van der Waals surface area contributed by atoms with Crippen molar-refractivity contribution >= 4 is 17.3 Å². The molecule has 0 N–H and O–H groups in total. The minimum atomic E-state index is -0.873. The van der Waals surface area contributed by atoms with Gasteiger partial charge in [0.15, 0.2) is 17.3 Å². The van der Waals surface area contributed by atoms with E-state index in [0.717, 1.165) is 65.0 Å². The molecule has 3 saturated heterocycles. The van der Waals surface area contributed by atoms with Gasteiger partial charge in [-0.1, -0.05) is 13.3 Å². The van der Waals surface area contributed by atoms with Crippen molar-refractivity contribution in [3.8, 4) is 0 Å². The van der Waals surface area contributed by atoms with Crippen molar-refractivity contribution in [1.82, 2.24) is 14.7 Å². The van der Waals surface area contributed by atoms with Crippen molar-refractivity contribution < 1.29 is 42.8 Å². The van der Waals surface area contributed by atoms with E-state index in [0.29, 0.717) is 77.0 Å². The van der Waals surface area contributed by atoms with Gasteiger partial charge in [-0.15, -0.1) is 0 Å². The van der Waals surface area contributed by atoms with E-state index >= 15 is 0 Å². The van der Waals surface area contributed by atoms with Gasteiger partial charge in [-0.25, -0.2) is 0 Å². The Bertz CT molecular complexity index is 1230. The summed E-state index contributed by atoms with van der Waals surface area (Å²) in [5.41, 5.74) is -4.47. The first-order valence-corrected chi connectivity index (χ1v) is 23.2. The van der Waals surface area contributed by atoms with Crippen molar-refractivity contribution in [2.75, 3.05) is 78.9 Å². The zero-order chi connectivity index (χ0) is 45.4. The standard InChI is InChI=1S/C48H89N3O9/c1-17-48(33-42(5,6)55-24-27-58-45(11,12)39(52)18-21-49-30-36(49)2,34-43(7,8)56-25-28-59-46(13,14)40(53)19-22-50-31-37(50)3)35-44(9,10)57-26-29-60-47(15,16)41(54)20-23-51-32-38(51)4/h36-38H,17-35H2,1-16H3. The van der Waals surface area contributed by atoms with Crippen LogP contribution in [0.15, 0.2) is 0 Å². The first kappa shape index (κ1) is 53.0. The zero-order valence-corrected chi connectivity index (χ0v) is 41.2. The molecule has 0 aromatic heterocycles. The fourth-order valence-electron chi connectivity index (χ4n) is 8.96. The highest BCUT2D eigenvalue weighted by molar-refractivity contribution is 5.87. The number of hydrogen-bond acceptors (Lipinski definition) is 12. The fraction of sp³-hybridized carbons (Fsp3) is 0.938. The van der Waals surface area contributed by atoms with Gasteiger partial charge in [-0.2, -0.15) is 0 Å².